The molecule has 0 amide bonds. The van der Waals surface area contributed by atoms with Gasteiger partial charge in [-0.1, -0.05) is 13.8 Å². The van der Waals surface area contributed by atoms with Gasteiger partial charge in [0.25, 0.3) is 0 Å². The summed E-state index contributed by atoms with van der Waals surface area (Å²) in [6.45, 7) is 6.74. The van der Waals surface area contributed by atoms with E-state index in [1.54, 1.807) is 0 Å². The molecule has 0 aliphatic rings. The molecule has 0 aliphatic heterocycles. The summed E-state index contributed by atoms with van der Waals surface area (Å²) in [6, 6.07) is 0. The van der Waals surface area contributed by atoms with Gasteiger partial charge in [0.2, 0.25) is 0 Å². The maximum Gasteiger partial charge on any atom is 0.109 e. The third-order valence-electron chi connectivity index (χ3n) is 1.74. The second kappa shape index (κ2) is 3.05. The maximum atomic E-state index is 5.48. The van der Waals surface area contributed by atoms with Gasteiger partial charge in [-0.3, -0.25) is 0 Å². The fourth-order valence-electron chi connectivity index (χ4n) is 0.994. The zero-order chi connectivity index (χ0) is 8.43. The lowest BCUT2D eigenvalue weighted by Crippen LogP contribution is -1.98. The number of aromatic amines is 1. The molecule has 0 spiro atoms. The van der Waals surface area contributed by atoms with Crippen molar-refractivity contribution in [3.63, 3.8) is 0 Å². The van der Waals surface area contributed by atoms with E-state index in [0.717, 1.165) is 17.2 Å². The number of rotatable bonds is 2. The minimum Gasteiger partial charge on any atom is -0.346 e. The van der Waals surface area contributed by atoms with Crippen molar-refractivity contribution < 1.29 is 0 Å². The summed E-state index contributed by atoms with van der Waals surface area (Å²) in [7, 11) is 0. The number of nitrogens with zero attached hydrogens (tertiary/aromatic N) is 1. The van der Waals surface area contributed by atoms with Gasteiger partial charge in [-0.2, -0.15) is 0 Å². The Kier molecular flexibility index (Phi) is 2.29. The SMILES string of the molecule is Cc1[nH]c(C(C)C)nc1CN. The predicted octanol–water partition coefficient (Wildman–Crippen LogP) is 1.30. The van der Waals surface area contributed by atoms with Gasteiger partial charge in [-0.05, 0) is 6.92 Å². The van der Waals surface area contributed by atoms with Gasteiger partial charge in [0.1, 0.15) is 5.82 Å². The van der Waals surface area contributed by atoms with Crippen molar-refractivity contribution in [1.29, 1.82) is 0 Å². The van der Waals surface area contributed by atoms with Crippen LogP contribution in [0.25, 0.3) is 0 Å². The van der Waals surface area contributed by atoms with E-state index in [1.807, 2.05) is 6.92 Å². The van der Waals surface area contributed by atoms with Gasteiger partial charge in [0.15, 0.2) is 0 Å². The van der Waals surface area contributed by atoms with E-state index in [1.165, 1.54) is 0 Å². The zero-order valence-corrected chi connectivity index (χ0v) is 7.31. The van der Waals surface area contributed by atoms with Crippen LogP contribution in [0.4, 0.5) is 0 Å². The number of imidazole rings is 1. The number of aryl methyl sites for hydroxylation is 1. The third-order valence-corrected chi connectivity index (χ3v) is 1.74. The van der Waals surface area contributed by atoms with Gasteiger partial charge in [0.05, 0.1) is 5.69 Å². The van der Waals surface area contributed by atoms with Crippen LogP contribution in [0.15, 0.2) is 0 Å². The number of hydrogen-bond acceptors (Lipinski definition) is 2. The van der Waals surface area contributed by atoms with Crippen LogP contribution in [0, 0.1) is 6.92 Å². The van der Waals surface area contributed by atoms with Gasteiger partial charge in [-0.25, -0.2) is 4.98 Å². The molecule has 1 aromatic rings. The molecule has 3 nitrogen and oxygen atoms in total. The number of aromatic nitrogens is 2. The summed E-state index contributed by atoms with van der Waals surface area (Å²) >= 11 is 0. The lowest BCUT2D eigenvalue weighted by molar-refractivity contribution is 0.787. The number of H-pyrrole nitrogens is 1. The molecular weight excluding hydrogens is 138 g/mol. The molecule has 11 heavy (non-hydrogen) atoms. The van der Waals surface area contributed by atoms with Crippen LogP contribution in [0.1, 0.15) is 37.0 Å². The van der Waals surface area contributed by atoms with Crippen molar-refractivity contribution in [3.8, 4) is 0 Å². The number of nitrogens with two attached hydrogens (primary N) is 1. The Bertz CT molecular complexity index is 237. The van der Waals surface area contributed by atoms with Crippen molar-refractivity contribution >= 4 is 0 Å². The molecule has 1 aromatic heterocycles. The first-order valence-electron chi connectivity index (χ1n) is 3.90. The largest absolute Gasteiger partial charge is 0.346 e. The highest BCUT2D eigenvalue weighted by Gasteiger charge is 2.06. The molecule has 1 heterocycles. The van der Waals surface area contributed by atoms with Crippen LogP contribution in [0.3, 0.4) is 0 Å². The lowest BCUT2D eigenvalue weighted by Gasteiger charge is -1.96. The summed E-state index contributed by atoms with van der Waals surface area (Å²) in [5.74, 6) is 1.48. The van der Waals surface area contributed by atoms with E-state index in [2.05, 4.69) is 23.8 Å². The monoisotopic (exact) mass is 153 g/mol. The molecular formula is C8H15N3. The van der Waals surface area contributed by atoms with Crippen molar-refractivity contribution in [3.05, 3.63) is 17.2 Å². The Balaban J connectivity index is 2.95. The molecule has 0 aliphatic carbocycles. The van der Waals surface area contributed by atoms with E-state index < -0.39 is 0 Å². The van der Waals surface area contributed by atoms with E-state index in [0.29, 0.717) is 12.5 Å². The first-order valence-corrected chi connectivity index (χ1v) is 3.90. The van der Waals surface area contributed by atoms with Gasteiger partial charge in [-0.15, -0.1) is 0 Å². The average molecular weight is 153 g/mol. The lowest BCUT2D eigenvalue weighted by atomic mass is 10.2. The summed E-state index contributed by atoms with van der Waals surface area (Å²) in [4.78, 5) is 7.55. The van der Waals surface area contributed by atoms with Crippen LogP contribution in [0.5, 0.6) is 0 Å². The summed E-state index contributed by atoms with van der Waals surface area (Å²) in [5, 5.41) is 0. The molecule has 0 fully saturated rings. The van der Waals surface area contributed by atoms with Crippen LogP contribution >= 0.6 is 0 Å². The Morgan fingerprint density at radius 2 is 2.18 bits per heavy atom. The van der Waals surface area contributed by atoms with Crippen LogP contribution < -0.4 is 5.73 Å². The standard InChI is InChI=1S/C8H15N3/c1-5(2)8-10-6(3)7(4-9)11-8/h5H,4,9H2,1-3H3,(H,10,11). The average Bonchev–Trinajstić information content (AvgIpc) is 2.31. The summed E-state index contributed by atoms with van der Waals surface area (Å²) < 4.78 is 0. The van der Waals surface area contributed by atoms with Gasteiger partial charge < -0.3 is 10.7 Å². The van der Waals surface area contributed by atoms with Crippen LogP contribution in [-0.4, -0.2) is 9.97 Å². The van der Waals surface area contributed by atoms with Gasteiger partial charge >= 0.3 is 0 Å². The molecule has 3 N–H and O–H groups in total. The molecule has 0 unspecified atom stereocenters. The zero-order valence-electron chi connectivity index (χ0n) is 7.31. The highest BCUT2D eigenvalue weighted by Crippen LogP contribution is 2.12. The molecule has 0 bridgehead atoms. The van der Waals surface area contributed by atoms with E-state index in [9.17, 15) is 0 Å². The first-order chi connectivity index (χ1) is 5.15. The first kappa shape index (κ1) is 8.27. The highest BCUT2D eigenvalue weighted by atomic mass is 14.9. The Morgan fingerprint density at radius 3 is 2.45 bits per heavy atom. The highest BCUT2D eigenvalue weighted by molar-refractivity contribution is 5.14. The smallest absolute Gasteiger partial charge is 0.109 e. The molecule has 0 atom stereocenters. The Morgan fingerprint density at radius 1 is 1.55 bits per heavy atom. The normalized spacial score (nSPS) is 11.0. The molecule has 0 saturated heterocycles. The number of nitrogens with one attached hydrogen (secondary N) is 1. The quantitative estimate of drug-likeness (QED) is 0.672. The topological polar surface area (TPSA) is 54.7 Å². The van der Waals surface area contributed by atoms with E-state index in [-0.39, 0.29) is 0 Å². The van der Waals surface area contributed by atoms with Crippen LogP contribution in [-0.2, 0) is 6.54 Å². The molecule has 62 valence electrons. The third kappa shape index (κ3) is 1.60. The molecule has 0 radical (unpaired) electrons. The van der Waals surface area contributed by atoms with Crippen molar-refractivity contribution in [1.82, 2.24) is 9.97 Å². The van der Waals surface area contributed by atoms with Crippen LogP contribution in [0.2, 0.25) is 0 Å². The minimum absolute atomic E-state index is 0.453. The minimum atomic E-state index is 0.453. The predicted molar refractivity (Wildman–Crippen MR) is 45.3 cm³/mol. The van der Waals surface area contributed by atoms with Crippen molar-refractivity contribution in [2.24, 2.45) is 5.73 Å². The summed E-state index contributed by atoms with van der Waals surface area (Å²) in [6.07, 6.45) is 0. The maximum absolute atomic E-state index is 5.48. The second-order valence-electron chi connectivity index (χ2n) is 3.05. The van der Waals surface area contributed by atoms with Gasteiger partial charge in [0, 0.05) is 18.2 Å². The molecule has 0 saturated carbocycles. The molecule has 0 aromatic carbocycles. The fraction of sp³-hybridized carbons (Fsp3) is 0.625. The van der Waals surface area contributed by atoms with E-state index in [4.69, 9.17) is 5.73 Å². The molecule has 1 rings (SSSR count). The van der Waals surface area contributed by atoms with Crippen molar-refractivity contribution in [2.45, 2.75) is 33.2 Å². The van der Waals surface area contributed by atoms with Crippen molar-refractivity contribution in [2.75, 3.05) is 0 Å². The fourth-order valence-corrected chi connectivity index (χ4v) is 0.994. The summed E-state index contributed by atoms with van der Waals surface area (Å²) in [5.41, 5.74) is 7.56. The molecule has 3 heteroatoms. The Labute approximate surface area is 67.0 Å². The second-order valence-corrected chi connectivity index (χ2v) is 3.05. The van der Waals surface area contributed by atoms with E-state index >= 15 is 0 Å². The number of hydrogen-bond donors (Lipinski definition) is 2. The Hall–Kier alpha value is -0.830.